The van der Waals surface area contributed by atoms with Crippen molar-refractivity contribution in [2.75, 3.05) is 5.32 Å². The molecule has 3 aromatic rings. The summed E-state index contributed by atoms with van der Waals surface area (Å²) in [5, 5.41) is 14.0. The Bertz CT molecular complexity index is 796. The number of pyridine rings is 3. The highest BCUT2D eigenvalue weighted by Crippen LogP contribution is 2.21. The second-order valence-corrected chi connectivity index (χ2v) is 5.26. The van der Waals surface area contributed by atoms with Gasteiger partial charge in [-0.25, -0.2) is 0 Å². The van der Waals surface area contributed by atoms with Crippen LogP contribution < -0.4 is 5.32 Å². The van der Waals surface area contributed by atoms with E-state index >= 15 is 0 Å². The minimum absolute atomic E-state index is 0.496. The van der Waals surface area contributed by atoms with Gasteiger partial charge in [-0.2, -0.15) is 0 Å². The molecule has 0 aliphatic rings. The molecule has 0 aliphatic carbocycles. The highest BCUT2D eigenvalue weighted by Gasteiger charge is 2.07. The molecule has 3 aromatic heterocycles. The third-order valence-corrected chi connectivity index (χ3v) is 3.64. The van der Waals surface area contributed by atoms with Crippen molar-refractivity contribution >= 4 is 16.6 Å². The maximum atomic E-state index is 9.65. The molecule has 0 amide bonds. The lowest BCUT2D eigenvalue weighted by atomic mass is 10.1. The van der Waals surface area contributed by atoms with E-state index in [9.17, 15) is 5.11 Å². The van der Waals surface area contributed by atoms with Gasteiger partial charge < -0.3 is 10.4 Å². The number of hydrogen-bond donors (Lipinski definition) is 2. The van der Waals surface area contributed by atoms with Crippen molar-refractivity contribution in [2.45, 2.75) is 26.5 Å². The Balaban J connectivity index is 1.81. The van der Waals surface area contributed by atoms with Crippen LogP contribution >= 0.6 is 0 Å². The lowest BCUT2D eigenvalue weighted by Crippen LogP contribution is -2.05. The van der Waals surface area contributed by atoms with Crippen LogP contribution in [0, 0.1) is 6.92 Å². The Labute approximate surface area is 129 Å². The molecule has 112 valence electrons. The number of nitrogens with zero attached hydrogens (tertiary/aromatic N) is 3. The van der Waals surface area contributed by atoms with Crippen molar-refractivity contribution < 1.29 is 5.11 Å². The number of anilines is 1. The summed E-state index contributed by atoms with van der Waals surface area (Å²) in [5.74, 6) is 0. The number of aromatic nitrogens is 3. The average molecular weight is 294 g/mol. The van der Waals surface area contributed by atoms with E-state index in [1.54, 1.807) is 25.5 Å². The largest absolute Gasteiger partial charge is 0.389 e. The van der Waals surface area contributed by atoms with Gasteiger partial charge in [0.25, 0.3) is 0 Å². The van der Waals surface area contributed by atoms with E-state index in [4.69, 9.17) is 0 Å². The molecule has 0 spiro atoms. The molecule has 0 aromatic carbocycles. The van der Waals surface area contributed by atoms with E-state index in [0.717, 1.165) is 33.5 Å². The molecule has 0 saturated carbocycles. The van der Waals surface area contributed by atoms with Crippen LogP contribution in [0.2, 0.25) is 0 Å². The van der Waals surface area contributed by atoms with Gasteiger partial charge in [0, 0.05) is 40.9 Å². The van der Waals surface area contributed by atoms with E-state index in [1.807, 2.05) is 31.2 Å². The van der Waals surface area contributed by atoms with Crippen molar-refractivity contribution in [1.29, 1.82) is 0 Å². The smallest absolute Gasteiger partial charge is 0.0779 e. The van der Waals surface area contributed by atoms with Gasteiger partial charge in [-0.3, -0.25) is 15.0 Å². The fourth-order valence-corrected chi connectivity index (χ4v) is 2.49. The van der Waals surface area contributed by atoms with Crippen molar-refractivity contribution in [3.8, 4) is 0 Å². The third kappa shape index (κ3) is 2.89. The van der Waals surface area contributed by atoms with Crippen LogP contribution in [0.15, 0.2) is 42.9 Å². The molecule has 0 aliphatic heterocycles. The number of aliphatic hydroxyl groups excluding tert-OH is 1. The summed E-state index contributed by atoms with van der Waals surface area (Å²) < 4.78 is 0. The summed E-state index contributed by atoms with van der Waals surface area (Å²) in [6.45, 7) is 4.27. The summed E-state index contributed by atoms with van der Waals surface area (Å²) in [6.07, 6.45) is 4.82. The Hall–Kier alpha value is -2.53. The van der Waals surface area contributed by atoms with E-state index < -0.39 is 6.10 Å². The Morgan fingerprint density at radius 3 is 2.82 bits per heavy atom. The summed E-state index contributed by atoms with van der Waals surface area (Å²) >= 11 is 0. The van der Waals surface area contributed by atoms with Crippen molar-refractivity contribution in [1.82, 2.24) is 15.0 Å². The first-order chi connectivity index (χ1) is 10.6. The predicted molar refractivity (Wildman–Crippen MR) is 86.5 cm³/mol. The summed E-state index contributed by atoms with van der Waals surface area (Å²) in [6, 6.07) is 7.68. The maximum Gasteiger partial charge on any atom is 0.0779 e. The summed E-state index contributed by atoms with van der Waals surface area (Å²) in [7, 11) is 0. The molecule has 0 bridgehead atoms. The molecule has 22 heavy (non-hydrogen) atoms. The Morgan fingerprint density at radius 1 is 1.18 bits per heavy atom. The molecule has 5 heteroatoms. The van der Waals surface area contributed by atoms with Gasteiger partial charge >= 0.3 is 0 Å². The number of fused-ring (bicyclic) bond motifs is 1. The highest BCUT2D eigenvalue weighted by molar-refractivity contribution is 5.89. The van der Waals surface area contributed by atoms with Gasteiger partial charge in [-0.15, -0.1) is 0 Å². The minimum Gasteiger partial charge on any atom is -0.389 e. The zero-order valence-corrected chi connectivity index (χ0v) is 12.6. The average Bonchev–Trinajstić information content (AvgIpc) is 2.52. The van der Waals surface area contributed by atoms with Crippen LogP contribution in [0.4, 0.5) is 5.69 Å². The number of aliphatic hydroxyl groups is 1. The van der Waals surface area contributed by atoms with Crippen LogP contribution in [0.1, 0.15) is 30.0 Å². The molecule has 3 rings (SSSR count). The van der Waals surface area contributed by atoms with Gasteiger partial charge in [0.05, 0.1) is 23.9 Å². The normalized spacial score (nSPS) is 12.3. The topological polar surface area (TPSA) is 70.9 Å². The van der Waals surface area contributed by atoms with E-state index in [-0.39, 0.29) is 0 Å². The second kappa shape index (κ2) is 6.07. The van der Waals surface area contributed by atoms with Crippen LogP contribution in [0.25, 0.3) is 10.9 Å². The Morgan fingerprint density at radius 2 is 2.05 bits per heavy atom. The highest BCUT2D eigenvalue weighted by atomic mass is 16.3. The van der Waals surface area contributed by atoms with Gasteiger partial charge in [-0.1, -0.05) is 6.07 Å². The van der Waals surface area contributed by atoms with E-state index in [0.29, 0.717) is 6.54 Å². The summed E-state index contributed by atoms with van der Waals surface area (Å²) in [4.78, 5) is 13.0. The third-order valence-electron chi connectivity index (χ3n) is 3.64. The monoisotopic (exact) mass is 294 g/mol. The first-order valence-electron chi connectivity index (χ1n) is 7.22. The molecule has 1 atom stereocenters. The fraction of sp³-hybridized carbons (Fsp3) is 0.235. The molecule has 5 nitrogen and oxygen atoms in total. The second-order valence-electron chi connectivity index (χ2n) is 5.26. The molecule has 0 saturated heterocycles. The van der Waals surface area contributed by atoms with Crippen molar-refractivity contribution in [3.63, 3.8) is 0 Å². The minimum atomic E-state index is -0.496. The molecular weight excluding hydrogens is 276 g/mol. The number of hydrogen-bond acceptors (Lipinski definition) is 5. The van der Waals surface area contributed by atoms with Crippen molar-refractivity contribution in [2.24, 2.45) is 0 Å². The van der Waals surface area contributed by atoms with Crippen LogP contribution in [-0.2, 0) is 6.54 Å². The number of aryl methyl sites for hydroxylation is 1. The lowest BCUT2D eigenvalue weighted by molar-refractivity contribution is 0.198. The number of nitrogens with one attached hydrogen (secondary N) is 1. The number of rotatable bonds is 4. The maximum absolute atomic E-state index is 9.65. The first-order valence-corrected chi connectivity index (χ1v) is 7.22. The van der Waals surface area contributed by atoms with E-state index in [1.165, 1.54) is 0 Å². The Kier molecular flexibility index (Phi) is 3.98. The standard InChI is InChI=1S/C17H18N4O/c1-11-14(12(2)22)4-3-13(21-11)9-20-17-6-8-19-16-5-7-18-10-15(16)17/h3-8,10,12,22H,9H2,1-2H3,(H,19,20). The van der Waals surface area contributed by atoms with Crippen LogP contribution in [0.5, 0.6) is 0 Å². The molecule has 3 heterocycles. The van der Waals surface area contributed by atoms with Gasteiger partial charge in [0.2, 0.25) is 0 Å². The van der Waals surface area contributed by atoms with Crippen molar-refractivity contribution in [3.05, 3.63) is 59.8 Å². The molecule has 0 fully saturated rings. The molecule has 2 N–H and O–H groups in total. The summed E-state index contributed by atoms with van der Waals surface area (Å²) in [5.41, 5.74) is 4.54. The predicted octanol–water partition coefficient (Wildman–Crippen LogP) is 3.00. The molecule has 0 radical (unpaired) electrons. The van der Waals surface area contributed by atoms with Gasteiger partial charge in [-0.05, 0) is 32.0 Å². The first kappa shape index (κ1) is 14.4. The zero-order valence-electron chi connectivity index (χ0n) is 12.6. The SMILES string of the molecule is Cc1nc(CNc2ccnc3ccncc23)ccc1C(C)O. The zero-order chi connectivity index (χ0) is 15.5. The van der Waals surface area contributed by atoms with E-state index in [2.05, 4.69) is 20.3 Å². The van der Waals surface area contributed by atoms with Gasteiger partial charge in [0.1, 0.15) is 0 Å². The van der Waals surface area contributed by atoms with Gasteiger partial charge in [0.15, 0.2) is 0 Å². The quantitative estimate of drug-likeness (QED) is 0.774. The van der Waals surface area contributed by atoms with Crippen LogP contribution in [-0.4, -0.2) is 20.1 Å². The molecule has 1 unspecified atom stereocenters. The lowest BCUT2D eigenvalue weighted by Gasteiger charge is -2.12. The van der Waals surface area contributed by atoms with Crippen LogP contribution in [0.3, 0.4) is 0 Å². The molecular formula is C17H18N4O. The fourth-order valence-electron chi connectivity index (χ4n) is 2.49.